The quantitative estimate of drug-likeness (QED) is 0.0478. The van der Waals surface area contributed by atoms with Crippen LogP contribution in [0.4, 0.5) is 27.8 Å². The van der Waals surface area contributed by atoms with Crippen molar-refractivity contribution < 1.29 is 47.8 Å². The van der Waals surface area contributed by atoms with Gasteiger partial charge in [0.1, 0.15) is 47.6 Å². The first-order valence-corrected chi connectivity index (χ1v) is 31.6. The van der Waals surface area contributed by atoms with Crippen LogP contribution >= 0.6 is 0 Å². The molecule has 1 spiro atoms. The molecule has 25 heteroatoms. The number of fused-ring (bicyclic) bond motifs is 3. The number of Topliss-reactive ketones (excluding diaryl/α,β-unsaturated/α-hetero) is 2. The monoisotopic (exact) mass is 1250 g/mol. The van der Waals surface area contributed by atoms with Gasteiger partial charge in [0, 0.05) is 81.4 Å². The summed E-state index contributed by atoms with van der Waals surface area (Å²) in [6.07, 6.45) is 8.40. The van der Waals surface area contributed by atoms with Crippen LogP contribution in [-0.4, -0.2) is 195 Å². The molecule has 1 N–H and O–H groups in total. The van der Waals surface area contributed by atoms with Gasteiger partial charge in [-0.2, -0.15) is 30.5 Å². The number of benzene rings is 2. The van der Waals surface area contributed by atoms with E-state index in [1.807, 2.05) is 50.1 Å². The number of hydrogen-bond donors (Lipinski definition) is 1. The van der Waals surface area contributed by atoms with E-state index in [1.54, 1.807) is 42.7 Å². The van der Waals surface area contributed by atoms with Gasteiger partial charge in [0.2, 0.25) is 17.5 Å². The van der Waals surface area contributed by atoms with Crippen LogP contribution in [0.2, 0.25) is 0 Å². The summed E-state index contributed by atoms with van der Waals surface area (Å²) in [4.78, 5) is 96.3. The number of para-hydroxylation sites is 4. The highest BCUT2D eigenvalue weighted by Gasteiger charge is 2.51. The van der Waals surface area contributed by atoms with E-state index in [9.17, 15) is 39.8 Å². The number of ether oxygens (including phenoxy) is 5. The van der Waals surface area contributed by atoms with Crippen molar-refractivity contribution in [1.82, 2.24) is 39.5 Å². The van der Waals surface area contributed by atoms with Crippen LogP contribution in [0.5, 0.6) is 23.5 Å². The lowest BCUT2D eigenvalue weighted by molar-refractivity contribution is -0.386. The van der Waals surface area contributed by atoms with Crippen molar-refractivity contribution in [3.63, 3.8) is 0 Å². The van der Waals surface area contributed by atoms with Gasteiger partial charge < -0.3 is 58.4 Å². The smallest absolute Gasteiger partial charge is 0.410 e. The molecule has 0 saturated carbocycles. The fourth-order valence-electron chi connectivity index (χ4n) is 13.0. The van der Waals surface area contributed by atoms with Crippen molar-refractivity contribution >= 4 is 46.6 Å². The lowest BCUT2D eigenvalue weighted by Crippen LogP contribution is -2.57. The largest absolute Gasteiger partial charge is 0.475 e. The summed E-state index contributed by atoms with van der Waals surface area (Å²) in [5.74, 6) is 0.912. The molecule has 2 aliphatic carbocycles. The van der Waals surface area contributed by atoms with E-state index in [1.165, 1.54) is 24.3 Å². The number of amides is 2. The van der Waals surface area contributed by atoms with Crippen molar-refractivity contribution in [3.8, 4) is 35.7 Å². The molecule has 4 saturated heterocycles. The summed E-state index contributed by atoms with van der Waals surface area (Å²) >= 11 is 0. The van der Waals surface area contributed by atoms with E-state index >= 15 is 0 Å². The molecule has 4 aromatic rings. The first-order valence-electron chi connectivity index (χ1n) is 31.6. The predicted molar refractivity (Wildman–Crippen MR) is 340 cm³/mol. The Hall–Kier alpha value is -8.94. The van der Waals surface area contributed by atoms with Crippen molar-refractivity contribution in [1.29, 1.82) is 10.5 Å². The number of aromatic nitrogens is 4. The Kier molecular flexibility index (Phi) is 21.1. The Morgan fingerprint density at radius 1 is 0.769 bits per heavy atom. The minimum atomic E-state index is -1.49. The lowest BCUT2D eigenvalue weighted by Gasteiger charge is -2.43. The maximum absolute atomic E-state index is 14.5. The number of nitrogens with one attached hydrogen (secondary N) is 1. The number of likely N-dealkylation sites (N-methyl/N-ethyl adjacent to an activating group) is 2. The van der Waals surface area contributed by atoms with Crippen LogP contribution in [0.25, 0.3) is 0 Å². The van der Waals surface area contributed by atoms with E-state index in [-0.39, 0.29) is 97.7 Å². The second-order valence-corrected chi connectivity index (χ2v) is 24.7. The fourth-order valence-corrected chi connectivity index (χ4v) is 13.0. The van der Waals surface area contributed by atoms with Crippen molar-refractivity contribution in [2.24, 2.45) is 0 Å². The van der Waals surface area contributed by atoms with Crippen molar-refractivity contribution in [2.75, 3.05) is 101 Å². The summed E-state index contributed by atoms with van der Waals surface area (Å²) < 4.78 is 30.6. The van der Waals surface area contributed by atoms with Gasteiger partial charge in [0.05, 0.1) is 54.2 Å². The molecule has 484 valence electrons. The molecule has 91 heavy (non-hydrogen) atoms. The molecule has 0 bridgehead atoms. The summed E-state index contributed by atoms with van der Waals surface area (Å²) in [6.45, 7) is 22.2. The maximum Gasteiger partial charge on any atom is 0.410 e. The molecule has 6 unspecified atom stereocenters. The number of likely N-dealkylation sites (tertiary alicyclic amines) is 2. The van der Waals surface area contributed by atoms with Gasteiger partial charge in [-0.3, -0.25) is 24.5 Å². The van der Waals surface area contributed by atoms with E-state index in [0.29, 0.717) is 93.8 Å². The third-order valence-electron chi connectivity index (χ3n) is 17.8. The second-order valence-electron chi connectivity index (χ2n) is 24.7. The summed E-state index contributed by atoms with van der Waals surface area (Å²) in [7, 11) is 4.12. The molecule has 6 atom stereocenters. The van der Waals surface area contributed by atoms with E-state index < -0.39 is 39.6 Å². The molecule has 2 amide bonds. The number of piperazine rings is 2. The van der Waals surface area contributed by atoms with Crippen molar-refractivity contribution in [2.45, 2.75) is 146 Å². The Balaban J connectivity index is 0.000000212. The number of nitro benzene ring substituents is 1. The van der Waals surface area contributed by atoms with Crippen LogP contribution < -0.4 is 34.1 Å². The predicted octanol–water partition coefficient (Wildman–Crippen LogP) is 8.18. The van der Waals surface area contributed by atoms with Crippen LogP contribution in [-0.2, 0) is 22.4 Å². The highest BCUT2D eigenvalue weighted by atomic mass is 16.6. The molecule has 5 aliphatic heterocycles. The number of nitrogens with zero attached hydrogens (tertiary/aromatic N) is 13. The molecule has 2 aromatic carbocycles. The summed E-state index contributed by atoms with van der Waals surface area (Å²) in [5.41, 5.74) is -0.865. The first-order chi connectivity index (χ1) is 43.8. The van der Waals surface area contributed by atoms with Crippen LogP contribution in [0.15, 0.2) is 73.8 Å². The molecule has 7 heterocycles. The Bertz CT molecular complexity index is 3460. The molecule has 7 aliphatic rings. The number of carbonyl (C=O) groups excluding carboxylic acids is 4. The minimum absolute atomic E-state index is 0.0196. The average Bonchev–Trinajstić information content (AvgIpc) is 0.988. The zero-order valence-electron chi connectivity index (χ0n) is 53.4. The highest BCUT2D eigenvalue weighted by molar-refractivity contribution is 6.06. The van der Waals surface area contributed by atoms with Gasteiger partial charge in [-0.25, -0.2) is 4.79 Å². The topological polar surface area (TPSA) is 288 Å². The SMILES string of the molecule is C=CC(=O)N1CCN(c2nc(OCC3CCCN3C)nc3c2CCC2(CNc4ccccc4O2)C3=O)CC1CC#N.C=CCC1(Oc2ccccc2[N+](=O)[O-])CCc2c(nc(OCC3CCCN3C)nc2N2CCN(C(=O)OC(C)(C)C)C(CC#N)C2)C1=O.CC. The number of nitro groups is 1. The lowest BCUT2D eigenvalue weighted by atomic mass is 9.79. The zero-order valence-corrected chi connectivity index (χ0v) is 53.4. The number of anilines is 3. The number of hydrogen-bond acceptors (Lipinski definition) is 22. The number of ketones is 2. The third-order valence-corrected chi connectivity index (χ3v) is 17.8. The zero-order chi connectivity index (χ0) is 65.2. The minimum Gasteiger partial charge on any atom is -0.475 e. The molecular formula is C66H84N14O11. The highest BCUT2D eigenvalue weighted by Crippen LogP contribution is 2.44. The summed E-state index contributed by atoms with van der Waals surface area (Å²) in [5, 5.41) is 34.3. The van der Waals surface area contributed by atoms with E-state index in [4.69, 9.17) is 33.7 Å². The third kappa shape index (κ3) is 14.6. The van der Waals surface area contributed by atoms with Gasteiger partial charge in [0.25, 0.3) is 0 Å². The molecule has 2 aromatic heterocycles. The fraction of sp³-hybridized carbons (Fsp3) is 0.545. The normalized spacial score (nSPS) is 23.6. The Morgan fingerprint density at radius 3 is 1.87 bits per heavy atom. The second kappa shape index (κ2) is 28.9. The van der Waals surface area contributed by atoms with Crippen LogP contribution in [0, 0.1) is 32.8 Å². The maximum atomic E-state index is 14.5. The molecule has 4 fully saturated rings. The van der Waals surface area contributed by atoms with Gasteiger partial charge in [-0.1, -0.05) is 50.8 Å². The van der Waals surface area contributed by atoms with Crippen LogP contribution in [0.3, 0.4) is 0 Å². The Labute approximate surface area is 532 Å². The van der Waals surface area contributed by atoms with Gasteiger partial charge in [-0.15, -0.1) is 6.58 Å². The van der Waals surface area contributed by atoms with E-state index in [2.05, 4.69) is 62.3 Å². The Morgan fingerprint density at radius 2 is 1.32 bits per heavy atom. The van der Waals surface area contributed by atoms with E-state index in [0.717, 1.165) is 50.0 Å². The molecule has 0 radical (unpaired) electrons. The molecular weight excluding hydrogens is 1160 g/mol. The van der Waals surface area contributed by atoms with Crippen LogP contribution in [0.1, 0.15) is 125 Å². The van der Waals surface area contributed by atoms with Gasteiger partial charge in [0.15, 0.2) is 17.0 Å². The van der Waals surface area contributed by atoms with Gasteiger partial charge >= 0.3 is 23.8 Å². The van der Waals surface area contributed by atoms with Crippen molar-refractivity contribution in [3.05, 3.63) is 106 Å². The number of carbonyl (C=O) groups is 4. The number of rotatable bonds is 16. The molecule has 11 rings (SSSR count). The standard InChI is InChI=1S/C34H43N7O7.C30H35N7O4.C2H6/c1-6-15-34(47-27-12-8-7-11-26(27)41(44)45)16-13-25-28(29(34)42)36-31(46-22-24-10-9-18-38(24)5)37-30(25)39-19-20-40(23(21-39)14-17-35)32(43)48-33(2,3)4;1-3-25(38)37-16-15-36(17-20(37)11-13-31)28-22-10-12-30(19-32-23-8-4-5-9-24(23)41-30)27(39)26(22)33-29(34-28)40-18-21-7-6-14-35(21)2;1-2/h6-8,11-12,23-24H,1,9-10,13-16,18-22H2,2-5H3;3-5,8-9,20-21,32H,1,6-7,10-12,14-19H2,2H3;1-2H3. The van der Waals surface area contributed by atoms with Gasteiger partial charge in [-0.05, 0) is 117 Å². The average molecular weight is 1250 g/mol. The summed E-state index contributed by atoms with van der Waals surface area (Å²) in [6, 6.07) is 17.8. The number of nitriles is 2. The molecule has 25 nitrogen and oxygen atoms in total. The first kappa shape index (κ1) is 66.5.